The molecule has 1 aromatic rings. The highest BCUT2D eigenvalue weighted by molar-refractivity contribution is 5.80. The first-order valence-corrected chi connectivity index (χ1v) is 6.83. The molecule has 0 aromatic heterocycles. The van der Waals surface area contributed by atoms with Crippen LogP contribution in [0.2, 0.25) is 0 Å². The Bertz CT molecular complexity index is 500. The van der Waals surface area contributed by atoms with Crippen molar-refractivity contribution in [1.82, 2.24) is 10.2 Å². The van der Waals surface area contributed by atoms with Gasteiger partial charge in [0.25, 0.3) is 0 Å². The van der Waals surface area contributed by atoms with Gasteiger partial charge in [-0.2, -0.15) is 0 Å². The van der Waals surface area contributed by atoms with Crippen LogP contribution in [0.3, 0.4) is 0 Å². The average molecular weight is 275 g/mol. The van der Waals surface area contributed by atoms with Crippen molar-refractivity contribution < 1.29 is 9.53 Å². The normalized spacial score (nSPS) is 14.7. The zero-order valence-electron chi connectivity index (χ0n) is 12.1. The predicted octanol–water partition coefficient (Wildman–Crippen LogP) is 1.18. The van der Waals surface area contributed by atoms with E-state index in [1.807, 2.05) is 0 Å². The molecule has 1 heterocycles. The number of hydrogen-bond acceptors (Lipinski definition) is 3. The van der Waals surface area contributed by atoms with Crippen LogP contribution in [0.25, 0.3) is 0 Å². The Balaban J connectivity index is 1.92. The lowest BCUT2D eigenvalue weighted by Crippen LogP contribution is -2.44. The monoisotopic (exact) mass is 275 g/mol. The van der Waals surface area contributed by atoms with Crippen molar-refractivity contribution in [3.05, 3.63) is 35.4 Å². The van der Waals surface area contributed by atoms with Crippen molar-refractivity contribution in [2.45, 2.75) is 19.4 Å². The van der Waals surface area contributed by atoms with Gasteiger partial charge in [0, 0.05) is 26.7 Å². The molecule has 0 aliphatic carbocycles. The van der Waals surface area contributed by atoms with Crippen molar-refractivity contribution in [2.75, 3.05) is 27.2 Å². The SMILES string of the molecule is CN=C(NCCC(=O)OC)N1CCc2ccccc2C1. The smallest absolute Gasteiger partial charge is 0.307 e. The van der Waals surface area contributed by atoms with Crippen LogP contribution >= 0.6 is 0 Å². The maximum atomic E-state index is 11.1. The third-order valence-corrected chi connectivity index (χ3v) is 3.48. The molecular weight excluding hydrogens is 254 g/mol. The second-order valence-electron chi connectivity index (χ2n) is 4.74. The van der Waals surface area contributed by atoms with Gasteiger partial charge in [-0.3, -0.25) is 9.79 Å². The van der Waals surface area contributed by atoms with Crippen molar-refractivity contribution in [3.63, 3.8) is 0 Å². The van der Waals surface area contributed by atoms with Gasteiger partial charge in [0.15, 0.2) is 5.96 Å². The van der Waals surface area contributed by atoms with E-state index < -0.39 is 0 Å². The second kappa shape index (κ2) is 6.93. The minimum Gasteiger partial charge on any atom is -0.469 e. The van der Waals surface area contributed by atoms with E-state index in [1.165, 1.54) is 18.2 Å². The van der Waals surface area contributed by atoms with Crippen LogP contribution in [0, 0.1) is 0 Å². The van der Waals surface area contributed by atoms with Gasteiger partial charge < -0.3 is 15.0 Å². The van der Waals surface area contributed by atoms with E-state index in [4.69, 9.17) is 0 Å². The summed E-state index contributed by atoms with van der Waals surface area (Å²) in [6.07, 6.45) is 1.37. The van der Waals surface area contributed by atoms with Gasteiger partial charge in [0.05, 0.1) is 13.5 Å². The minimum absolute atomic E-state index is 0.211. The predicted molar refractivity (Wildman–Crippen MR) is 78.6 cm³/mol. The fourth-order valence-corrected chi connectivity index (χ4v) is 2.39. The number of hydrogen-bond donors (Lipinski definition) is 1. The number of carbonyl (C=O) groups is 1. The molecule has 1 aliphatic heterocycles. The van der Waals surface area contributed by atoms with E-state index in [1.54, 1.807) is 7.05 Å². The van der Waals surface area contributed by atoms with Crippen LogP contribution in [0.1, 0.15) is 17.5 Å². The first-order valence-electron chi connectivity index (χ1n) is 6.83. The van der Waals surface area contributed by atoms with Gasteiger partial charge >= 0.3 is 5.97 Å². The summed E-state index contributed by atoms with van der Waals surface area (Å²) in [5.41, 5.74) is 2.75. The molecule has 0 radical (unpaired) electrons. The topological polar surface area (TPSA) is 53.9 Å². The lowest BCUT2D eigenvalue weighted by atomic mass is 10.0. The highest BCUT2D eigenvalue weighted by Gasteiger charge is 2.18. The number of fused-ring (bicyclic) bond motifs is 1. The Labute approximate surface area is 119 Å². The lowest BCUT2D eigenvalue weighted by Gasteiger charge is -2.31. The number of esters is 1. The number of aliphatic imine (C=N–C) groups is 1. The van der Waals surface area contributed by atoms with E-state index in [0.717, 1.165) is 25.5 Å². The molecule has 0 fully saturated rings. The third-order valence-electron chi connectivity index (χ3n) is 3.48. The molecule has 0 spiro atoms. The first kappa shape index (κ1) is 14.4. The lowest BCUT2D eigenvalue weighted by molar-refractivity contribution is -0.140. The summed E-state index contributed by atoms with van der Waals surface area (Å²) in [6.45, 7) is 2.33. The highest BCUT2D eigenvalue weighted by atomic mass is 16.5. The molecule has 1 aliphatic rings. The molecular formula is C15H21N3O2. The molecule has 108 valence electrons. The van der Waals surface area contributed by atoms with Crippen molar-refractivity contribution in [2.24, 2.45) is 4.99 Å². The zero-order chi connectivity index (χ0) is 14.4. The number of nitrogens with zero attached hydrogens (tertiary/aromatic N) is 2. The van der Waals surface area contributed by atoms with Crippen LogP contribution in [-0.2, 0) is 22.5 Å². The molecule has 20 heavy (non-hydrogen) atoms. The number of rotatable bonds is 3. The fraction of sp³-hybridized carbons (Fsp3) is 0.467. The summed E-state index contributed by atoms with van der Waals surface area (Å²) in [5, 5.41) is 3.21. The quantitative estimate of drug-likeness (QED) is 0.511. The van der Waals surface area contributed by atoms with Crippen LogP contribution in [0.4, 0.5) is 0 Å². The number of ether oxygens (including phenoxy) is 1. The van der Waals surface area contributed by atoms with Crippen LogP contribution in [0.5, 0.6) is 0 Å². The van der Waals surface area contributed by atoms with Crippen molar-refractivity contribution >= 4 is 11.9 Å². The Morgan fingerprint density at radius 3 is 2.85 bits per heavy atom. The molecule has 1 aromatic carbocycles. The summed E-state index contributed by atoms with van der Waals surface area (Å²) in [4.78, 5) is 17.6. The van der Waals surface area contributed by atoms with Gasteiger partial charge in [-0.15, -0.1) is 0 Å². The van der Waals surface area contributed by atoms with E-state index in [0.29, 0.717) is 13.0 Å². The zero-order valence-corrected chi connectivity index (χ0v) is 12.1. The van der Waals surface area contributed by atoms with Crippen molar-refractivity contribution in [1.29, 1.82) is 0 Å². The van der Waals surface area contributed by atoms with E-state index in [-0.39, 0.29) is 5.97 Å². The maximum Gasteiger partial charge on any atom is 0.307 e. The van der Waals surface area contributed by atoms with Crippen LogP contribution < -0.4 is 5.32 Å². The van der Waals surface area contributed by atoms with E-state index in [9.17, 15) is 4.79 Å². The average Bonchev–Trinajstić information content (AvgIpc) is 2.51. The Kier molecular flexibility index (Phi) is 4.98. The van der Waals surface area contributed by atoms with Gasteiger partial charge in [-0.25, -0.2) is 0 Å². The number of methoxy groups -OCH3 is 1. The first-order chi connectivity index (χ1) is 9.74. The van der Waals surface area contributed by atoms with Gasteiger partial charge in [-0.05, 0) is 17.5 Å². The summed E-state index contributed by atoms with van der Waals surface area (Å²) in [6, 6.07) is 8.48. The molecule has 0 amide bonds. The Morgan fingerprint density at radius 1 is 1.40 bits per heavy atom. The van der Waals surface area contributed by atoms with E-state index in [2.05, 4.69) is 44.2 Å². The second-order valence-corrected chi connectivity index (χ2v) is 4.74. The number of benzene rings is 1. The summed E-state index contributed by atoms with van der Waals surface area (Å²) in [7, 11) is 3.17. The maximum absolute atomic E-state index is 11.1. The Hall–Kier alpha value is -2.04. The largest absolute Gasteiger partial charge is 0.469 e. The van der Waals surface area contributed by atoms with Crippen LogP contribution in [0.15, 0.2) is 29.3 Å². The van der Waals surface area contributed by atoms with Crippen LogP contribution in [-0.4, -0.2) is 44.1 Å². The molecule has 5 nitrogen and oxygen atoms in total. The fourth-order valence-electron chi connectivity index (χ4n) is 2.39. The summed E-state index contributed by atoms with van der Waals surface area (Å²) in [5.74, 6) is 0.625. The molecule has 0 saturated heterocycles. The highest BCUT2D eigenvalue weighted by Crippen LogP contribution is 2.18. The van der Waals surface area contributed by atoms with Gasteiger partial charge in [0.2, 0.25) is 0 Å². The van der Waals surface area contributed by atoms with Gasteiger partial charge in [0.1, 0.15) is 0 Å². The molecule has 0 saturated carbocycles. The van der Waals surface area contributed by atoms with Gasteiger partial charge in [-0.1, -0.05) is 24.3 Å². The van der Waals surface area contributed by atoms with Crippen molar-refractivity contribution in [3.8, 4) is 0 Å². The number of carbonyl (C=O) groups excluding carboxylic acids is 1. The molecule has 0 unspecified atom stereocenters. The molecule has 5 heteroatoms. The molecule has 2 rings (SSSR count). The number of guanidine groups is 1. The molecule has 0 atom stereocenters. The standard InChI is InChI=1S/C15H21N3O2/c1-16-15(17-9-7-14(19)20-2)18-10-8-12-5-3-4-6-13(12)11-18/h3-6H,7-11H2,1-2H3,(H,16,17). The third kappa shape index (κ3) is 3.50. The number of nitrogens with one attached hydrogen (secondary N) is 1. The van der Waals surface area contributed by atoms with E-state index >= 15 is 0 Å². The summed E-state index contributed by atoms with van der Waals surface area (Å²) < 4.78 is 4.63. The Morgan fingerprint density at radius 2 is 2.15 bits per heavy atom. The summed E-state index contributed by atoms with van der Waals surface area (Å²) >= 11 is 0. The minimum atomic E-state index is -0.211. The molecule has 0 bridgehead atoms. The molecule has 1 N–H and O–H groups in total.